The maximum atomic E-state index is 13.6. The Morgan fingerprint density at radius 3 is 2.32 bits per heavy atom. The molecule has 2 amide bonds. The molecule has 2 aromatic carbocycles. The molecule has 1 atom stereocenters. The molecule has 5 rings (SSSR count). The quantitative estimate of drug-likeness (QED) is 0.443. The highest BCUT2D eigenvalue weighted by atomic mass is 35.5. The molecule has 1 unspecified atom stereocenters. The topological polar surface area (TPSA) is 56.3 Å². The van der Waals surface area contributed by atoms with Crippen LogP contribution in [0.4, 0.5) is 10.1 Å². The van der Waals surface area contributed by atoms with Crippen LogP contribution >= 0.6 is 23.2 Å². The minimum absolute atomic E-state index is 0.0774. The second-order valence-corrected chi connectivity index (χ2v) is 12.5. The number of piperidine rings is 2. The van der Waals surface area contributed by atoms with E-state index in [4.69, 9.17) is 27.9 Å². The minimum atomic E-state index is -0.784. The van der Waals surface area contributed by atoms with E-state index < -0.39 is 5.60 Å². The van der Waals surface area contributed by atoms with Crippen molar-refractivity contribution in [1.29, 1.82) is 0 Å². The van der Waals surface area contributed by atoms with Gasteiger partial charge in [-0.1, -0.05) is 29.3 Å². The van der Waals surface area contributed by atoms with Crippen LogP contribution in [-0.4, -0.2) is 92.5 Å². The van der Waals surface area contributed by atoms with Gasteiger partial charge in [-0.05, 0) is 100 Å². The number of rotatable bonds is 7. The maximum absolute atomic E-state index is 13.6. The van der Waals surface area contributed by atoms with Crippen molar-refractivity contribution < 1.29 is 18.7 Å². The van der Waals surface area contributed by atoms with E-state index in [9.17, 15) is 14.0 Å². The lowest BCUT2D eigenvalue weighted by molar-refractivity contribution is -0.141. The second-order valence-electron chi connectivity index (χ2n) is 11.7. The largest absolute Gasteiger partial charge is 0.359 e. The van der Waals surface area contributed by atoms with Crippen LogP contribution in [0.15, 0.2) is 42.5 Å². The van der Waals surface area contributed by atoms with Crippen LogP contribution in [0, 0.1) is 11.7 Å². The Labute approximate surface area is 252 Å². The van der Waals surface area contributed by atoms with Gasteiger partial charge < -0.3 is 24.3 Å². The Balaban J connectivity index is 1.24. The summed E-state index contributed by atoms with van der Waals surface area (Å²) in [4.78, 5) is 33.7. The van der Waals surface area contributed by atoms with Gasteiger partial charge in [-0.25, -0.2) is 4.39 Å². The van der Waals surface area contributed by atoms with Crippen LogP contribution in [0.25, 0.3) is 0 Å². The first kappa shape index (κ1) is 30.2. The molecule has 7 nitrogen and oxygen atoms in total. The Morgan fingerprint density at radius 2 is 1.68 bits per heavy atom. The number of hydrogen-bond acceptors (Lipinski definition) is 5. The lowest BCUT2D eigenvalue weighted by atomic mass is 9.87. The van der Waals surface area contributed by atoms with Gasteiger partial charge in [0.25, 0.3) is 5.91 Å². The molecule has 0 aliphatic carbocycles. The Kier molecular flexibility index (Phi) is 9.56. The van der Waals surface area contributed by atoms with E-state index in [2.05, 4.69) is 9.80 Å². The van der Waals surface area contributed by atoms with E-state index in [1.54, 1.807) is 28.0 Å². The number of halogens is 3. The normalized spacial score (nSPS) is 23.6. The molecule has 3 aliphatic heterocycles. The Morgan fingerprint density at radius 1 is 1.00 bits per heavy atom. The summed E-state index contributed by atoms with van der Waals surface area (Å²) in [7, 11) is 3.68. The summed E-state index contributed by atoms with van der Waals surface area (Å²) in [5, 5.41) is 0.902. The molecule has 3 aliphatic rings. The molecule has 0 radical (unpaired) electrons. The monoisotopic (exact) mass is 604 g/mol. The van der Waals surface area contributed by atoms with Crippen molar-refractivity contribution in [2.75, 3.05) is 64.9 Å². The fourth-order valence-corrected chi connectivity index (χ4v) is 6.79. The molecule has 0 saturated carbocycles. The van der Waals surface area contributed by atoms with Gasteiger partial charge in [-0.15, -0.1) is 0 Å². The zero-order valence-electron chi connectivity index (χ0n) is 23.8. The van der Waals surface area contributed by atoms with Crippen molar-refractivity contribution in [2.45, 2.75) is 43.7 Å². The van der Waals surface area contributed by atoms with E-state index >= 15 is 0 Å². The van der Waals surface area contributed by atoms with Crippen LogP contribution < -0.4 is 4.90 Å². The van der Waals surface area contributed by atoms with E-state index in [0.29, 0.717) is 34.7 Å². The number of amides is 2. The summed E-state index contributed by atoms with van der Waals surface area (Å²) < 4.78 is 20.0. The number of ether oxygens (including phenoxy) is 1. The number of likely N-dealkylation sites (tertiary alicyclic amines) is 2. The Hall–Kier alpha value is -2.23. The first-order valence-electron chi connectivity index (χ1n) is 14.5. The molecule has 41 heavy (non-hydrogen) atoms. The predicted molar refractivity (Wildman–Crippen MR) is 160 cm³/mol. The number of hydrogen-bond donors (Lipinski definition) is 0. The molecular weight excluding hydrogens is 566 g/mol. The smallest absolute Gasteiger partial charge is 0.253 e. The number of benzene rings is 2. The van der Waals surface area contributed by atoms with Crippen molar-refractivity contribution in [3.63, 3.8) is 0 Å². The summed E-state index contributed by atoms with van der Waals surface area (Å²) >= 11 is 12.7. The second kappa shape index (κ2) is 13.0. The fraction of sp³-hybridized carbons (Fsp3) is 0.548. The highest BCUT2D eigenvalue weighted by molar-refractivity contribution is 6.42. The van der Waals surface area contributed by atoms with Gasteiger partial charge in [-0.2, -0.15) is 0 Å². The van der Waals surface area contributed by atoms with Crippen molar-refractivity contribution >= 4 is 40.7 Å². The van der Waals surface area contributed by atoms with Gasteiger partial charge in [0, 0.05) is 38.3 Å². The van der Waals surface area contributed by atoms with E-state index in [1.807, 2.05) is 26.2 Å². The van der Waals surface area contributed by atoms with E-state index in [-0.39, 0.29) is 30.2 Å². The van der Waals surface area contributed by atoms with Crippen LogP contribution in [0.5, 0.6) is 0 Å². The van der Waals surface area contributed by atoms with Crippen LogP contribution in [0.1, 0.15) is 37.7 Å². The van der Waals surface area contributed by atoms with Crippen molar-refractivity contribution in [2.24, 2.45) is 5.92 Å². The molecule has 10 heteroatoms. The van der Waals surface area contributed by atoms with Crippen molar-refractivity contribution in [3.05, 3.63) is 63.9 Å². The van der Waals surface area contributed by atoms with Crippen molar-refractivity contribution in [3.8, 4) is 0 Å². The van der Waals surface area contributed by atoms with Gasteiger partial charge in [0.1, 0.15) is 18.0 Å². The van der Waals surface area contributed by atoms with Crippen LogP contribution in [-0.2, 0) is 19.9 Å². The Bertz CT molecular complexity index is 1230. The predicted octanol–water partition coefficient (Wildman–Crippen LogP) is 5.05. The van der Waals surface area contributed by atoms with Gasteiger partial charge in [0.15, 0.2) is 0 Å². The van der Waals surface area contributed by atoms with Gasteiger partial charge in [-0.3, -0.25) is 9.59 Å². The lowest BCUT2D eigenvalue weighted by Crippen LogP contribution is -2.54. The summed E-state index contributed by atoms with van der Waals surface area (Å²) in [5.41, 5.74) is 0.728. The molecule has 0 aromatic heterocycles. The summed E-state index contributed by atoms with van der Waals surface area (Å²) in [6, 6.07) is 12.1. The lowest BCUT2D eigenvalue weighted by Gasteiger charge is -2.45. The molecule has 0 spiro atoms. The summed E-state index contributed by atoms with van der Waals surface area (Å²) in [6.07, 6.45) is 4.72. The average Bonchev–Trinajstić information content (AvgIpc) is 2.99. The zero-order chi connectivity index (χ0) is 29.1. The molecule has 2 aromatic rings. The molecule has 0 bridgehead atoms. The molecule has 3 heterocycles. The van der Waals surface area contributed by atoms with Crippen LogP contribution in [0.2, 0.25) is 10.0 Å². The third-order valence-corrected chi connectivity index (χ3v) is 9.73. The molecule has 3 fully saturated rings. The molecule has 222 valence electrons. The standard InChI is InChI=1S/C31H39Cl2FN4O3/c1-35(2)30(40)22-9-16-37(17-10-22)25-11-14-36(15-12-25)18-13-31(23-3-8-27(32)28(33)19-23)21-38(29(39)20-41-31)26-6-4-24(34)5-7-26/h3-8,19,22,25H,9-18,20-21H2,1-2H3. The molecular formula is C31H39Cl2FN4O3. The molecule has 0 N–H and O–H groups in total. The highest BCUT2D eigenvalue weighted by Crippen LogP contribution is 2.39. The minimum Gasteiger partial charge on any atom is -0.359 e. The molecule has 3 saturated heterocycles. The number of morpholine rings is 1. The first-order valence-corrected chi connectivity index (χ1v) is 15.2. The van der Waals surface area contributed by atoms with Gasteiger partial charge in [0.2, 0.25) is 5.91 Å². The summed E-state index contributed by atoms with van der Waals surface area (Å²) in [5.74, 6) is -0.111. The van der Waals surface area contributed by atoms with E-state index in [0.717, 1.165) is 64.0 Å². The zero-order valence-corrected chi connectivity index (χ0v) is 25.3. The third-order valence-electron chi connectivity index (χ3n) is 9.00. The maximum Gasteiger partial charge on any atom is 0.253 e. The van der Waals surface area contributed by atoms with Crippen LogP contribution in [0.3, 0.4) is 0 Å². The summed E-state index contributed by atoms with van der Waals surface area (Å²) in [6.45, 7) is 4.96. The van der Waals surface area contributed by atoms with E-state index in [1.165, 1.54) is 12.1 Å². The third kappa shape index (κ3) is 6.89. The highest BCUT2D eigenvalue weighted by Gasteiger charge is 2.43. The number of carbonyl (C=O) groups excluding carboxylic acids is 2. The average molecular weight is 606 g/mol. The number of nitrogens with zero attached hydrogens (tertiary/aromatic N) is 4. The SMILES string of the molecule is CN(C)C(=O)C1CCN(C2CCN(CCC3(c4ccc(Cl)c(Cl)c4)CN(c4ccc(F)cc4)C(=O)CO3)CC2)CC1. The first-order chi connectivity index (χ1) is 19.6. The fourth-order valence-electron chi connectivity index (χ4n) is 6.50. The number of carbonyl (C=O) groups is 2. The number of anilines is 1. The van der Waals surface area contributed by atoms with Gasteiger partial charge >= 0.3 is 0 Å². The van der Waals surface area contributed by atoms with Gasteiger partial charge in [0.05, 0.1) is 16.6 Å². The van der Waals surface area contributed by atoms with Crippen molar-refractivity contribution in [1.82, 2.24) is 14.7 Å².